The summed E-state index contributed by atoms with van der Waals surface area (Å²) in [5.74, 6) is 0. The SMILES string of the molecule is C=C(C)C=C[Si](OC(C)C)(OC(C)C)OC(C)C. The molecule has 0 aromatic heterocycles. The molecule has 0 aliphatic carbocycles. The first-order valence-corrected chi connectivity index (χ1v) is 8.35. The number of hydrogen-bond acceptors (Lipinski definition) is 3. The van der Waals surface area contributed by atoms with E-state index in [0.717, 1.165) is 5.57 Å². The number of hydrogen-bond donors (Lipinski definition) is 0. The standard InChI is InChI=1S/C14H28O3Si/c1-11(2)9-10-18(15-12(3)4,16-13(5)6)17-14(7)8/h9-10,12-14H,1H2,2-8H3. The van der Waals surface area contributed by atoms with Crippen molar-refractivity contribution >= 4 is 8.80 Å². The van der Waals surface area contributed by atoms with E-state index in [0.29, 0.717) is 0 Å². The van der Waals surface area contributed by atoms with Crippen molar-refractivity contribution in [2.75, 3.05) is 0 Å². The number of allylic oxidation sites excluding steroid dienone is 2. The molecule has 18 heavy (non-hydrogen) atoms. The molecule has 0 rings (SSSR count). The molecular weight excluding hydrogens is 244 g/mol. The first-order chi connectivity index (χ1) is 8.17. The summed E-state index contributed by atoms with van der Waals surface area (Å²) in [5.41, 5.74) is 2.88. The Balaban J connectivity index is 5.16. The topological polar surface area (TPSA) is 27.7 Å². The third-order valence-corrected chi connectivity index (χ3v) is 4.75. The van der Waals surface area contributed by atoms with E-state index in [2.05, 4.69) is 6.58 Å². The first kappa shape index (κ1) is 17.6. The van der Waals surface area contributed by atoms with E-state index in [1.165, 1.54) is 0 Å². The minimum absolute atomic E-state index is 0.0592. The van der Waals surface area contributed by atoms with Crippen molar-refractivity contribution in [3.05, 3.63) is 23.9 Å². The molecule has 0 heterocycles. The van der Waals surface area contributed by atoms with E-state index in [-0.39, 0.29) is 18.3 Å². The largest absolute Gasteiger partial charge is 0.530 e. The molecule has 0 radical (unpaired) electrons. The van der Waals surface area contributed by atoms with E-state index in [1.807, 2.05) is 60.2 Å². The summed E-state index contributed by atoms with van der Waals surface area (Å²) in [6.45, 7) is 17.7. The van der Waals surface area contributed by atoms with Gasteiger partial charge in [0.1, 0.15) is 0 Å². The maximum absolute atomic E-state index is 5.98. The zero-order chi connectivity index (χ0) is 14.3. The van der Waals surface area contributed by atoms with Crippen LogP contribution >= 0.6 is 0 Å². The van der Waals surface area contributed by atoms with Crippen molar-refractivity contribution in [2.45, 2.75) is 66.8 Å². The van der Waals surface area contributed by atoms with Crippen LogP contribution in [-0.2, 0) is 13.3 Å². The fourth-order valence-electron chi connectivity index (χ4n) is 1.43. The molecule has 0 spiro atoms. The quantitative estimate of drug-likeness (QED) is 0.496. The second kappa shape index (κ2) is 7.89. The Hall–Kier alpha value is -0.423. The van der Waals surface area contributed by atoms with E-state index < -0.39 is 8.80 Å². The van der Waals surface area contributed by atoms with Crippen LogP contribution in [0.5, 0.6) is 0 Å². The monoisotopic (exact) mass is 272 g/mol. The van der Waals surface area contributed by atoms with Gasteiger partial charge < -0.3 is 13.3 Å². The molecule has 106 valence electrons. The molecule has 0 aliphatic heterocycles. The van der Waals surface area contributed by atoms with Crippen LogP contribution in [-0.4, -0.2) is 27.1 Å². The van der Waals surface area contributed by atoms with Crippen molar-refractivity contribution in [1.82, 2.24) is 0 Å². The predicted molar refractivity (Wildman–Crippen MR) is 78.4 cm³/mol. The Bertz CT molecular complexity index is 256. The molecule has 0 aromatic rings. The van der Waals surface area contributed by atoms with Crippen LogP contribution in [0.4, 0.5) is 0 Å². The molecule has 0 amide bonds. The molecule has 0 unspecified atom stereocenters. The average Bonchev–Trinajstić information content (AvgIpc) is 2.11. The van der Waals surface area contributed by atoms with Gasteiger partial charge in [-0.25, -0.2) is 0 Å². The molecule has 0 atom stereocenters. The van der Waals surface area contributed by atoms with Gasteiger partial charge in [0.05, 0.1) is 0 Å². The van der Waals surface area contributed by atoms with E-state index >= 15 is 0 Å². The van der Waals surface area contributed by atoms with Gasteiger partial charge in [0, 0.05) is 18.3 Å². The van der Waals surface area contributed by atoms with E-state index in [4.69, 9.17) is 13.3 Å². The second-order valence-electron chi connectivity index (χ2n) is 5.28. The maximum Gasteiger partial charge on any atom is 0.530 e. The summed E-state index contributed by atoms with van der Waals surface area (Å²) in [7, 11) is -2.79. The lowest BCUT2D eigenvalue weighted by atomic mass is 10.4. The van der Waals surface area contributed by atoms with Gasteiger partial charge in [0.15, 0.2) is 0 Å². The van der Waals surface area contributed by atoms with E-state index in [1.54, 1.807) is 0 Å². The molecule has 3 nitrogen and oxygen atoms in total. The molecule has 0 N–H and O–H groups in total. The number of rotatable bonds is 8. The lowest BCUT2D eigenvalue weighted by Gasteiger charge is -2.32. The van der Waals surface area contributed by atoms with Crippen LogP contribution in [0.2, 0.25) is 0 Å². The summed E-state index contributed by atoms with van der Waals surface area (Å²) < 4.78 is 17.9. The van der Waals surface area contributed by atoms with Gasteiger partial charge >= 0.3 is 8.80 Å². The predicted octanol–water partition coefficient (Wildman–Crippen LogP) is 3.87. The highest BCUT2D eigenvalue weighted by Crippen LogP contribution is 2.19. The smallest absolute Gasteiger partial charge is 0.368 e. The summed E-state index contributed by atoms with van der Waals surface area (Å²) in [6, 6.07) is 0. The Morgan fingerprint density at radius 2 is 1.22 bits per heavy atom. The zero-order valence-electron chi connectivity index (χ0n) is 12.8. The molecule has 0 bridgehead atoms. The maximum atomic E-state index is 5.98. The van der Waals surface area contributed by atoms with Crippen LogP contribution in [0, 0.1) is 0 Å². The van der Waals surface area contributed by atoms with Gasteiger partial charge in [0.2, 0.25) is 0 Å². The molecule has 0 aliphatic rings. The Morgan fingerprint density at radius 3 is 1.44 bits per heavy atom. The molecular formula is C14H28O3Si. The van der Waals surface area contributed by atoms with Crippen molar-refractivity contribution in [3.8, 4) is 0 Å². The van der Waals surface area contributed by atoms with Crippen LogP contribution in [0.15, 0.2) is 23.9 Å². The van der Waals surface area contributed by atoms with Gasteiger partial charge in [-0.05, 0) is 54.2 Å². The summed E-state index contributed by atoms with van der Waals surface area (Å²) in [5, 5.41) is 0. The zero-order valence-corrected chi connectivity index (χ0v) is 13.8. The second-order valence-corrected chi connectivity index (χ2v) is 7.53. The summed E-state index contributed by atoms with van der Waals surface area (Å²) in [6.07, 6.45) is 2.09. The Morgan fingerprint density at radius 1 is 0.889 bits per heavy atom. The van der Waals surface area contributed by atoms with Crippen molar-refractivity contribution < 1.29 is 13.3 Å². The van der Waals surface area contributed by atoms with Crippen molar-refractivity contribution in [2.24, 2.45) is 0 Å². The van der Waals surface area contributed by atoms with Gasteiger partial charge in [-0.1, -0.05) is 18.2 Å². The molecule has 0 fully saturated rings. The van der Waals surface area contributed by atoms with Gasteiger partial charge in [-0.2, -0.15) is 0 Å². The van der Waals surface area contributed by atoms with E-state index in [9.17, 15) is 0 Å². The van der Waals surface area contributed by atoms with Crippen LogP contribution in [0.1, 0.15) is 48.5 Å². The summed E-state index contributed by atoms with van der Waals surface area (Å²) in [4.78, 5) is 0. The summed E-state index contributed by atoms with van der Waals surface area (Å²) >= 11 is 0. The molecule has 0 saturated heterocycles. The highest BCUT2D eigenvalue weighted by Gasteiger charge is 2.41. The van der Waals surface area contributed by atoms with Crippen LogP contribution in [0.3, 0.4) is 0 Å². The van der Waals surface area contributed by atoms with Crippen LogP contribution < -0.4 is 0 Å². The lowest BCUT2D eigenvalue weighted by molar-refractivity contribution is 0.0139. The average molecular weight is 272 g/mol. The normalized spacial score (nSPS) is 13.2. The minimum Gasteiger partial charge on any atom is -0.368 e. The van der Waals surface area contributed by atoms with Gasteiger partial charge in [-0.3, -0.25) is 0 Å². The fourth-order valence-corrected chi connectivity index (χ4v) is 4.29. The first-order valence-electron chi connectivity index (χ1n) is 6.55. The fraction of sp³-hybridized carbons (Fsp3) is 0.714. The van der Waals surface area contributed by atoms with Crippen molar-refractivity contribution in [1.29, 1.82) is 0 Å². The molecule has 0 aromatic carbocycles. The van der Waals surface area contributed by atoms with Crippen molar-refractivity contribution in [3.63, 3.8) is 0 Å². The van der Waals surface area contributed by atoms with Crippen LogP contribution in [0.25, 0.3) is 0 Å². The lowest BCUT2D eigenvalue weighted by Crippen LogP contribution is -2.49. The Kier molecular flexibility index (Phi) is 7.71. The third-order valence-electron chi connectivity index (χ3n) is 1.77. The third kappa shape index (κ3) is 7.82. The highest BCUT2D eigenvalue weighted by molar-refractivity contribution is 6.66. The van der Waals surface area contributed by atoms with Gasteiger partial charge in [0.25, 0.3) is 0 Å². The highest BCUT2D eigenvalue weighted by atomic mass is 28.4. The molecule has 4 heteroatoms. The Labute approximate surface area is 113 Å². The van der Waals surface area contributed by atoms with Gasteiger partial charge in [-0.15, -0.1) is 0 Å². The molecule has 0 saturated carbocycles. The minimum atomic E-state index is -2.79.